The van der Waals surface area contributed by atoms with Gasteiger partial charge in [0.1, 0.15) is 0 Å². The normalized spacial score (nSPS) is 10.9. The van der Waals surface area contributed by atoms with Crippen LogP contribution in [0.25, 0.3) is 0 Å². The van der Waals surface area contributed by atoms with Crippen LogP contribution in [-0.4, -0.2) is 320 Å². The Kier molecular flexibility index (Phi) is 39.0. The van der Waals surface area contributed by atoms with Gasteiger partial charge in [0.25, 0.3) is 9.28 Å². The molecule has 1 unspecified atom stereocenters. The van der Waals surface area contributed by atoms with E-state index in [1.165, 1.54) is 6.55 Å². The van der Waals surface area contributed by atoms with Crippen LogP contribution in [0.1, 0.15) is 0 Å². The van der Waals surface area contributed by atoms with Gasteiger partial charge in [-0.3, -0.25) is 0 Å². The second-order valence-electron chi connectivity index (χ2n) is 17.4. The van der Waals surface area contributed by atoms with Crippen molar-refractivity contribution in [2.24, 2.45) is 0 Å². The lowest BCUT2D eigenvalue weighted by Crippen LogP contribution is -2.58. The lowest BCUT2D eigenvalue weighted by molar-refractivity contribution is 0.531. The predicted octanol–water partition coefficient (Wildman–Crippen LogP) is -16.3. The highest BCUT2D eigenvalue weighted by molar-refractivity contribution is 7.86. The van der Waals surface area contributed by atoms with Gasteiger partial charge in [0.2, 0.25) is 8.56 Å². The van der Waals surface area contributed by atoms with Gasteiger partial charge in [-0.2, -0.15) is 0 Å². The fourth-order valence-corrected chi connectivity index (χ4v) is 462. The lowest BCUT2D eigenvalue weighted by atomic mass is 11.8. The average molecular weight is 1880 g/mol. The average Bonchev–Trinajstić information content (AvgIpc) is 2.18. The van der Waals surface area contributed by atoms with E-state index in [2.05, 4.69) is 0 Å². The maximum Gasteiger partial charge on any atom is 0.381 e. The monoisotopic (exact) mass is 1880 g/mol. The first kappa shape index (κ1) is 88.4. The molecule has 39 nitrogen and oxygen atoms in total. The van der Waals surface area contributed by atoms with E-state index in [-0.39, 0.29) is 0 Å². The molecule has 80 heteroatoms. The van der Waals surface area contributed by atoms with E-state index in [9.17, 15) is 165 Å². The summed E-state index contributed by atoms with van der Waals surface area (Å²) >= 11 is 0. The van der Waals surface area contributed by atoms with Crippen LogP contribution < -0.4 is 0 Å². The quantitative estimate of drug-likeness (QED) is 0.0512. The molecule has 0 aliphatic rings. The van der Waals surface area contributed by atoms with Crippen molar-refractivity contribution in [3.8, 4) is 0 Å². The Morgan fingerprint density at radius 3 is 0.460 bits per heavy atom. The first-order valence-electron chi connectivity index (χ1n) is 21.5. The Labute approximate surface area is 532 Å². The highest BCUT2D eigenvalue weighted by atomic mass is 30.2. The van der Waals surface area contributed by atoms with Crippen molar-refractivity contribution < 1.29 is 173 Å². The Bertz CT molecular complexity index is 3740. The summed E-state index contributed by atoms with van der Waals surface area (Å²) in [6.07, 6.45) is 0. The first-order chi connectivity index (χ1) is 39.3. The van der Waals surface area contributed by atoms with Crippen molar-refractivity contribution in [1.29, 1.82) is 0 Å². The molecule has 0 heterocycles. The molecule has 0 bridgehead atoms. The number of rotatable bonds is 42. The molecule has 0 N–H and O–H groups in total. The van der Waals surface area contributed by atoms with Crippen LogP contribution in [0.3, 0.4) is 0 Å². The van der Waals surface area contributed by atoms with Crippen molar-refractivity contribution in [3.05, 3.63) is 0 Å². The van der Waals surface area contributed by atoms with Gasteiger partial charge in [0, 0.05) is 0 Å². The minimum Gasteiger partial charge on any atom is -0.455 e. The molecule has 0 fully saturated rings. The molecule has 448 valence electrons. The molecule has 0 aromatic rings. The zero-order valence-electron chi connectivity index (χ0n) is 43.5. The highest BCUT2D eigenvalue weighted by Crippen LogP contribution is 2.05. The summed E-state index contributed by atoms with van der Waals surface area (Å²) in [6.45, 7) is 11.2. The molecule has 87 heavy (non-hydrogen) atoms. The van der Waals surface area contributed by atoms with Crippen LogP contribution in [0.15, 0.2) is 0 Å². The summed E-state index contributed by atoms with van der Waals surface area (Å²) in [5.41, 5.74) is 0. The number of hydrogen-bond acceptors (Lipinski definition) is 39. The van der Waals surface area contributed by atoms with Crippen LogP contribution in [0, 0.1) is 0 Å². The van der Waals surface area contributed by atoms with E-state index in [1.807, 2.05) is 0 Å². The van der Waals surface area contributed by atoms with E-state index >= 15 is 0 Å². The summed E-state index contributed by atoms with van der Waals surface area (Å²) < 4.78 is 482. The summed E-state index contributed by atoms with van der Waals surface area (Å²) in [5, 5.41) is 0. The standard InChI is InChI=1S/C7H22O39Si41/c1-48(46-87(5,6)7)50(9)52(11)54(13)56(15)58(17)60(19)62(21)64(23)66(25)68(27)70(29)72(31)74(33)76(35)78(37)80(39)82(41)84(43)85(44)83(42)81(40)79(38)77(36)75(34)73(32)71(30)69(28)67(26)65(24)63(22)61(20)59(18)57(16)55(14)53(12)51(10)49(8)47-45-86(2,3)4/h48H,1-7H3. The molecule has 0 aromatic heterocycles. The third-order valence-corrected chi connectivity index (χ3v) is 315. The number of hydrogen-bond donors (Lipinski definition) is 0. The van der Waals surface area contributed by atoms with Crippen LogP contribution in [0.5, 0.6) is 0 Å². The van der Waals surface area contributed by atoms with Gasteiger partial charge in [0.15, 0.2) is 16.6 Å². The fraction of sp³-hybridized carbons (Fsp3) is 1.00. The second kappa shape index (κ2) is 38.4. The van der Waals surface area contributed by atoms with Gasteiger partial charge in [0.05, 0.1) is 0 Å². The van der Waals surface area contributed by atoms with Crippen molar-refractivity contribution in [2.75, 3.05) is 0 Å². The van der Waals surface area contributed by atoms with Crippen LogP contribution in [0.2, 0.25) is 45.8 Å². The van der Waals surface area contributed by atoms with Crippen LogP contribution in [0.4, 0.5) is 0 Å². The summed E-state index contributed by atoms with van der Waals surface area (Å²) in [5.74, 6) is 0. The lowest BCUT2D eigenvalue weighted by Gasteiger charge is -2.20. The molecule has 0 spiro atoms. The topological polar surface area (TPSA) is 650 Å². The van der Waals surface area contributed by atoms with E-state index in [0.29, 0.717) is 0 Å². The third kappa shape index (κ3) is 24.8. The Balaban J connectivity index is 5.95. The first-order valence-corrected chi connectivity index (χ1v) is 122. The Hall–Kier alpha value is 1.41. The summed E-state index contributed by atoms with van der Waals surface area (Å²) in [4.78, 5) is 0. The van der Waals surface area contributed by atoms with E-state index < -0.39 is 320 Å². The molecule has 0 amide bonds. The molecule has 1 atom stereocenters. The van der Waals surface area contributed by atoms with Crippen molar-refractivity contribution >= 4 is 320 Å². The van der Waals surface area contributed by atoms with Gasteiger partial charge in [-0.15, -0.1) is 0 Å². The summed E-state index contributed by atoms with van der Waals surface area (Å²) in [7, 11) is -176. The van der Waals surface area contributed by atoms with Gasteiger partial charge in [-0.25, -0.2) is 0 Å². The maximum absolute atomic E-state index is 12.9. The predicted molar refractivity (Wildman–Crippen MR) is 306 cm³/mol. The minimum atomic E-state index is -4.82. The van der Waals surface area contributed by atoms with E-state index in [1.54, 1.807) is 39.3 Å². The van der Waals surface area contributed by atoms with E-state index in [4.69, 9.17) is 8.23 Å². The minimum absolute atomic E-state index is 0.966. The maximum atomic E-state index is 12.9. The van der Waals surface area contributed by atoms with E-state index in [0.717, 1.165) is 0 Å². The zero-order valence-corrected chi connectivity index (χ0v) is 84.7. The Morgan fingerprint density at radius 2 is 0.333 bits per heavy atom. The molecule has 0 aliphatic heterocycles. The van der Waals surface area contributed by atoms with Crippen molar-refractivity contribution in [1.82, 2.24) is 0 Å². The van der Waals surface area contributed by atoms with Gasteiger partial charge < -0.3 is 173 Å². The molecular weight excluding hydrogens is 1860 g/mol. The van der Waals surface area contributed by atoms with Gasteiger partial charge in [-0.1, -0.05) is 0 Å². The molecule has 0 saturated heterocycles. The molecule has 0 rings (SSSR count). The molecule has 0 aliphatic carbocycles. The third-order valence-electron chi connectivity index (χ3n) is 8.79. The molecule has 0 saturated carbocycles. The zero-order chi connectivity index (χ0) is 69.1. The highest BCUT2D eigenvalue weighted by Gasteiger charge is 2.60. The van der Waals surface area contributed by atoms with Gasteiger partial charge >= 0.3 is 286 Å². The molecule has 2 radical (unpaired) electrons. The largest absolute Gasteiger partial charge is 0.455 e. The SMILES string of the molecule is C[SiH](O[Si](C)(C)C)[Si](=O)[Si](=O)[Si](=O)[Si](=O)[Si](=O)[Si](=O)[Si](=O)[Si](=O)[Si](=O)[Si](=O)[Si](=O)[Si](=O)[Si](=O)[Si](=O)[Si](=O)[Si](=O)[Si](=O)[Si](=O)[Si](=O)[Si](=O)[Si](=O)[Si](=O)[Si](=O)[Si](=O)[Si](=O)[Si](=O)[Si](=O)[Si](=O)[Si](=O)[Si](=O)[Si](=O)[Si](=O)[Si](=O)[Si](=O)[Si](=O)[Si](=O)[Si](=O)[Si]O[Si](C)(C)C. The van der Waals surface area contributed by atoms with Crippen molar-refractivity contribution in [2.45, 2.75) is 45.8 Å². The Morgan fingerprint density at radius 1 is 0.207 bits per heavy atom. The molecular formula is C7H22O39Si41. The smallest absolute Gasteiger partial charge is 0.381 e. The summed E-state index contributed by atoms with van der Waals surface area (Å²) in [6, 6.07) is 0. The molecule has 0 aromatic carbocycles. The van der Waals surface area contributed by atoms with Crippen molar-refractivity contribution in [3.63, 3.8) is 0 Å². The second-order valence-corrected chi connectivity index (χ2v) is 213. The van der Waals surface area contributed by atoms with Crippen LogP contribution in [-0.2, 0) is 173 Å². The van der Waals surface area contributed by atoms with Crippen LogP contribution >= 0.6 is 0 Å². The fourth-order valence-electron chi connectivity index (χ4n) is 4.63. The van der Waals surface area contributed by atoms with Gasteiger partial charge in [-0.05, 0) is 45.8 Å².